The number of carbonyl (C=O) groups is 1. The van der Waals surface area contributed by atoms with E-state index in [1.54, 1.807) is 19.1 Å². The number of hydrogen-bond donors (Lipinski definition) is 2. The van der Waals surface area contributed by atoms with Gasteiger partial charge in [-0.25, -0.2) is 17.1 Å². The number of carbonyl (C=O) groups excluding carboxylic acids is 1. The molecule has 2 aromatic rings. The molecule has 0 aliphatic carbocycles. The van der Waals surface area contributed by atoms with E-state index in [4.69, 9.17) is 0 Å². The Morgan fingerprint density at radius 1 is 1.39 bits per heavy atom. The first-order valence-electron chi connectivity index (χ1n) is 7.14. The van der Waals surface area contributed by atoms with Crippen LogP contribution in [0, 0.1) is 12.7 Å². The van der Waals surface area contributed by atoms with Crippen molar-refractivity contribution in [3.8, 4) is 0 Å². The Morgan fingerprint density at radius 2 is 2.09 bits per heavy atom. The number of likely N-dealkylation sites (N-methyl/N-ethyl adjacent to an activating group) is 1. The van der Waals surface area contributed by atoms with Crippen molar-refractivity contribution >= 4 is 26.8 Å². The summed E-state index contributed by atoms with van der Waals surface area (Å²) in [6, 6.07) is 4.73. The van der Waals surface area contributed by atoms with Crippen molar-refractivity contribution in [2.45, 2.75) is 13.3 Å². The van der Waals surface area contributed by atoms with Gasteiger partial charge in [0.25, 0.3) is 0 Å². The molecule has 2 rings (SSSR count). The number of H-pyrrole nitrogens is 1. The Hall–Kier alpha value is -1.93. The van der Waals surface area contributed by atoms with Crippen LogP contribution >= 0.6 is 0 Å². The number of nitrogens with one attached hydrogen (secondary N) is 2. The number of sulfonamides is 1. The molecule has 1 aromatic carbocycles. The van der Waals surface area contributed by atoms with Crippen LogP contribution < -0.4 is 5.32 Å². The van der Waals surface area contributed by atoms with Crippen molar-refractivity contribution in [3.05, 3.63) is 35.3 Å². The van der Waals surface area contributed by atoms with Gasteiger partial charge < -0.3 is 10.3 Å². The molecule has 2 N–H and O–H groups in total. The zero-order chi connectivity index (χ0) is 17.2. The monoisotopic (exact) mass is 341 g/mol. The summed E-state index contributed by atoms with van der Waals surface area (Å²) in [6.07, 6.45) is 1.22. The van der Waals surface area contributed by atoms with Gasteiger partial charge >= 0.3 is 0 Å². The maximum Gasteiger partial charge on any atom is 0.224 e. The van der Waals surface area contributed by atoms with Crippen LogP contribution in [0.5, 0.6) is 0 Å². The molecule has 0 aliphatic heterocycles. The second-order valence-corrected chi connectivity index (χ2v) is 7.59. The number of halogens is 1. The van der Waals surface area contributed by atoms with Crippen LogP contribution in [0.4, 0.5) is 4.39 Å². The van der Waals surface area contributed by atoms with Crippen LogP contribution in [0.3, 0.4) is 0 Å². The predicted octanol–water partition coefficient (Wildman–Crippen LogP) is 1.17. The molecular weight excluding hydrogens is 321 g/mol. The normalized spacial score (nSPS) is 12.0. The van der Waals surface area contributed by atoms with Crippen molar-refractivity contribution in [2.75, 3.05) is 26.4 Å². The summed E-state index contributed by atoms with van der Waals surface area (Å²) in [5.74, 6) is -0.591. The van der Waals surface area contributed by atoms with Gasteiger partial charge in [-0.2, -0.15) is 0 Å². The summed E-state index contributed by atoms with van der Waals surface area (Å²) in [7, 11) is -1.80. The fourth-order valence-corrected chi connectivity index (χ4v) is 2.76. The first-order chi connectivity index (χ1) is 10.7. The largest absolute Gasteiger partial charge is 0.356 e. The number of aryl methyl sites for hydroxylation is 1. The minimum absolute atomic E-state index is 0.109. The van der Waals surface area contributed by atoms with E-state index in [1.165, 1.54) is 17.4 Å². The lowest BCUT2D eigenvalue weighted by molar-refractivity contribution is -0.120. The third kappa shape index (κ3) is 4.08. The first kappa shape index (κ1) is 17.4. The van der Waals surface area contributed by atoms with Gasteiger partial charge in [-0.15, -0.1) is 0 Å². The quantitative estimate of drug-likeness (QED) is 0.827. The van der Waals surface area contributed by atoms with Crippen LogP contribution in [-0.4, -0.2) is 50.0 Å². The zero-order valence-corrected chi connectivity index (χ0v) is 14.1. The van der Waals surface area contributed by atoms with Gasteiger partial charge in [0.1, 0.15) is 5.82 Å². The van der Waals surface area contributed by atoms with Crippen LogP contribution in [0.25, 0.3) is 10.9 Å². The minimum atomic E-state index is -3.26. The average molecular weight is 341 g/mol. The van der Waals surface area contributed by atoms with E-state index in [2.05, 4.69) is 10.3 Å². The van der Waals surface area contributed by atoms with E-state index in [0.717, 1.165) is 17.5 Å². The highest BCUT2D eigenvalue weighted by Gasteiger charge is 2.15. The number of aromatic nitrogens is 1. The van der Waals surface area contributed by atoms with Crippen molar-refractivity contribution in [1.82, 2.24) is 14.6 Å². The lowest BCUT2D eigenvalue weighted by atomic mass is 10.1. The second-order valence-electron chi connectivity index (χ2n) is 5.50. The van der Waals surface area contributed by atoms with Crippen LogP contribution in [0.2, 0.25) is 0 Å². The van der Waals surface area contributed by atoms with Gasteiger partial charge in [0, 0.05) is 31.2 Å². The molecule has 1 heterocycles. The van der Waals surface area contributed by atoms with Gasteiger partial charge in [0.15, 0.2) is 0 Å². The van der Waals surface area contributed by atoms with Crippen molar-refractivity contribution in [3.63, 3.8) is 0 Å². The molecule has 0 atom stereocenters. The smallest absolute Gasteiger partial charge is 0.224 e. The van der Waals surface area contributed by atoms with Crippen LogP contribution in [0.15, 0.2) is 18.2 Å². The summed E-state index contributed by atoms with van der Waals surface area (Å²) in [5.41, 5.74) is 1.88. The Labute approximate surface area is 134 Å². The summed E-state index contributed by atoms with van der Waals surface area (Å²) < 4.78 is 37.4. The molecule has 0 radical (unpaired) electrons. The summed E-state index contributed by atoms with van der Waals surface area (Å²) in [6.45, 7) is 2.21. The Bertz CT molecular complexity index is 830. The molecule has 0 fully saturated rings. The lowest BCUT2D eigenvalue weighted by Gasteiger charge is -2.14. The van der Waals surface area contributed by atoms with E-state index < -0.39 is 10.0 Å². The van der Waals surface area contributed by atoms with E-state index in [-0.39, 0.29) is 31.2 Å². The third-order valence-corrected chi connectivity index (χ3v) is 5.07. The molecule has 1 aromatic heterocycles. The second kappa shape index (κ2) is 6.67. The van der Waals surface area contributed by atoms with Crippen LogP contribution in [-0.2, 0) is 21.2 Å². The molecule has 23 heavy (non-hydrogen) atoms. The molecule has 1 amide bonds. The fraction of sp³-hybridized carbons (Fsp3) is 0.400. The molecule has 0 saturated heterocycles. The number of fused-ring (bicyclic) bond motifs is 1. The number of benzene rings is 1. The third-order valence-electron chi connectivity index (χ3n) is 3.76. The first-order valence-corrected chi connectivity index (χ1v) is 8.98. The number of amides is 1. The molecule has 6 nitrogen and oxygen atoms in total. The van der Waals surface area contributed by atoms with Crippen LogP contribution in [0.1, 0.15) is 11.3 Å². The highest BCUT2D eigenvalue weighted by Crippen LogP contribution is 2.24. The van der Waals surface area contributed by atoms with E-state index in [1.807, 2.05) is 0 Å². The zero-order valence-electron chi connectivity index (χ0n) is 13.3. The topological polar surface area (TPSA) is 82.3 Å². The van der Waals surface area contributed by atoms with Crippen molar-refractivity contribution < 1.29 is 17.6 Å². The average Bonchev–Trinajstić information content (AvgIpc) is 2.76. The summed E-state index contributed by atoms with van der Waals surface area (Å²) >= 11 is 0. The van der Waals surface area contributed by atoms with Crippen molar-refractivity contribution in [2.24, 2.45) is 0 Å². The molecule has 0 spiro atoms. The SMILES string of the molecule is Cc1[nH]c2c(F)cccc2c1CC(=O)NCCN(C)S(C)(=O)=O. The van der Waals surface area contributed by atoms with Crippen molar-refractivity contribution in [1.29, 1.82) is 0 Å². The number of nitrogens with zero attached hydrogens (tertiary/aromatic N) is 1. The van der Waals surface area contributed by atoms with E-state index in [0.29, 0.717) is 10.9 Å². The standard InChI is InChI=1S/C15H20FN3O3S/c1-10-12(11-5-4-6-13(16)15(11)18-10)9-14(20)17-7-8-19(2)23(3,21)22/h4-6,18H,7-9H2,1-3H3,(H,17,20). The molecular formula is C15H20FN3O3S. The van der Waals surface area contributed by atoms with Gasteiger partial charge in [-0.3, -0.25) is 4.79 Å². The summed E-state index contributed by atoms with van der Waals surface area (Å²) in [4.78, 5) is 15.0. The Balaban J connectivity index is 2.01. The van der Waals surface area contributed by atoms with Gasteiger partial charge in [0.05, 0.1) is 18.2 Å². The molecule has 0 aliphatic rings. The molecule has 0 saturated carbocycles. The maximum absolute atomic E-state index is 13.7. The highest BCUT2D eigenvalue weighted by molar-refractivity contribution is 7.88. The number of aromatic amines is 1. The van der Waals surface area contributed by atoms with E-state index in [9.17, 15) is 17.6 Å². The Kier molecular flexibility index (Phi) is 5.06. The van der Waals surface area contributed by atoms with Gasteiger partial charge in [-0.05, 0) is 18.6 Å². The molecule has 8 heteroatoms. The maximum atomic E-state index is 13.7. The molecule has 0 bridgehead atoms. The fourth-order valence-electron chi connectivity index (χ4n) is 2.34. The highest BCUT2D eigenvalue weighted by atomic mass is 32.2. The number of rotatable bonds is 6. The molecule has 0 unspecified atom stereocenters. The van der Waals surface area contributed by atoms with Gasteiger partial charge in [-0.1, -0.05) is 12.1 Å². The minimum Gasteiger partial charge on any atom is -0.356 e. The molecule has 126 valence electrons. The summed E-state index contributed by atoms with van der Waals surface area (Å²) in [5, 5.41) is 3.36. The number of hydrogen-bond acceptors (Lipinski definition) is 3. The number of para-hydroxylation sites is 1. The van der Waals surface area contributed by atoms with Gasteiger partial charge in [0.2, 0.25) is 15.9 Å². The van der Waals surface area contributed by atoms with E-state index >= 15 is 0 Å². The lowest BCUT2D eigenvalue weighted by Crippen LogP contribution is -2.36. The Morgan fingerprint density at radius 3 is 2.74 bits per heavy atom. The predicted molar refractivity (Wildman–Crippen MR) is 87.2 cm³/mol.